The minimum absolute atomic E-state index is 0.428. The van der Waals surface area contributed by atoms with Crippen molar-refractivity contribution in [2.75, 3.05) is 11.5 Å². The molecule has 12 heavy (non-hydrogen) atoms. The van der Waals surface area contributed by atoms with Gasteiger partial charge in [-0.25, -0.2) is 4.21 Å². The number of hydrogen-bond acceptors (Lipinski definition) is 1. The Morgan fingerprint density at radius 2 is 1.42 bits per heavy atom. The minimum atomic E-state index is -4.56. The lowest BCUT2D eigenvalue weighted by Gasteiger charge is -2.25. The molecule has 0 unspecified atom stereocenters. The SMILES string of the molecule is CC#CCS(=O)(O)(O)CC#CC. The van der Waals surface area contributed by atoms with Crippen LogP contribution in [0.4, 0.5) is 0 Å². The van der Waals surface area contributed by atoms with Gasteiger partial charge in [0.25, 0.3) is 0 Å². The quantitative estimate of drug-likeness (QED) is 0.630. The molecular formula is C8H12O3S. The first-order valence-electron chi connectivity index (χ1n) is 3.32. The summed E-state index contributed by atoms with van der Waals surface area (Å²) in [6.07, 6.45) is 0. The van der Waals surface area contributed by atoms with Crippen molar-refractivity contribution in [1.29, 1.82) is 0 Å². The molecule has 0 heterocycles. The molecule has 0 bridgehead atoms. The summed E-state index contributed by atoms with van der Waals surface area (Å²) in [7, 11) is -4.56. The van der Waals surface area contributed by atoms with Crippen LogP contribution in [0.5, 0.6) is 0 Å². The van der Waals surface area contributed by atoms with Gasteiger partial charge in [-0.3, -0.25) is 0 Å². The van der Waals surface area contributed by atoms with E-state index in [4.69, 9.17) is 9.11 Å². The summed E-state index contributed by atoms with van der Waals surface area (Å²) < 4.78 is 29.5. The standard InChI is InChI=1S/C8H12O3S/c1-3-5-7-12(9,10,11)8-6-4-2/h7-8H2,1-2H3,(H2,9,10,11). The van der Waals surface area contributed by atoms with Gasteiger partial charge in [0.15, 0.2) is 0 Å². The summed E-state index contributed by atoms with van der Waals surface area (Å²) in [5.41, 5.74) is 0. The van der Waals surface area contributed by atoms with Gasteiger partial charge in [-0.15, -0.1) is 11.8 Å². The van der Waals surface area contributed by atoms with Crippen LogP contribution in [0.15, 0.2) is 0 Å². The molecule has 0 rings (SSSR count). The molecule has 0 fully saturated rings. The second-order valence-electron chi connectivity index (χ2n) is 2.33. The summed E-state index contributed by atoms with van der Waals surface area (Å²) in [6, 6.07) is 0. The van der Waals surface area contributed by atoms with Gasteiger partial charge in [0.2, 0.25) is 0 Å². The minimum Gasteiger partial charge on any atom is -0.306 e. The van der Waals surface area contributed by atoms with Gasteiger partial charge >= 0.3 is 0 Å². The summed E-state index contributed by atoms with van der Waals surface area (Å²) >= 11 is 0. The van der Waals surface area contributed by atoms with E-state index in [-0.39, 0.29) is 0 Å². The predicted molar refractivity (Wildman–Crippen MR) is 50.0 cm³/mol. The largest absolute Gasteiger partial charge is 0.306 e. The number of rotatable bonds is 2. The Kier molecular flexibility index (Phi) is 3.48. The van der Waals surface area contributed by atoms with Crippen LogP contribution in [0.3, 0.4) is 0 Å². The molecule has 2 N–H and O–H groups in total. The first-order valence-corrected chi connectivity index (χ1v) is 5.53. The van der Waals surface area contributed by atoms with E-state index in [9.17, 15) is 4.21 Å². The van der Waals surface area contributed by atoms with Gasteiger partial charge in [-0.1, -0.05) is 11.8 Å². The first kappa shape index (κ1) is 11.2. The molecule has 0 aromatic carbocycles. The van der Waals surface area contributed by atoms with Gasteiger partial charge < -0.3 is 9.11 Å². The monoisotopic (exact) mass is 188 g/mol. The maximum atomic E-state index is 11.2. The molecule has 3 nitrogen and oxygen atoms in total. The summed E-state index contributed by atoms with van der Waals surface area (Å²) in [4.78, 5) is 0. The molecule has 68 valence electrons. The molecule has 0 aliphatic carbocycles. The topological polar surface area (TPSA) is 57.5 Å². The molecule has 4 heteroatoms. The Balaban J connectivity index is 4.54. The lowest BCUT2D eigenvalue weighted by atomic mass is 10.7. The second kappa shape index (κ2) is 3.73. The molecule has 0 saturated heterocycles. The Morgan fingerprint density at radius 3 is 1.67 bits per heavy atom. The van der Waals surface area contributed by atoms with Gasteiger partial charge in [0.05, 0.1) is 0 Å². The molecular weight excluding hydrogens is 176 g/mol. The van der Waals surface area contributed by atoms with Crippen molar-refractivity contribution in [3.63, 3.8) is 0 Å². The molecule has 0 atom stereocenters. The zero-order chi connectivity index (χ0) is 9.69. The van der Waals surface area contributed by atoms with Crippen molar-refractivity contribution < 1.29 is 13.3 Å². The summed E-state index contributed by atoms with van der Waals surface area (Å²) in [5.74, 6) is 8.72. The van der Waals surface area contributed by atoms with Crippen LogP contribution in [0.2, 0.25) is 0 Å². The van der Waals surface area contributed by atoms with Gasteiger partial charge in [-0.2, -0.15) is 0 Å². The van der Waals surface area contributed by atoms with Crippen molar-refractivity contribution in [3.8, 4) is 23.7 Å². The third-order valence-corrected chi connectivity index (χ3v) is 2.53. The Labute approximate surface area is 72.6 Å². The Bertz CT molecular complexity index is 301. The zero-order valence-electron chi connectivity index (χ0n) is 7.13. The maximum Gasteiger partial charge on any atom is 0.109 e. The predicted octanol–water partition coefficient (Wildman–Crippen LogP) is 0.799. The van der Waals surface area contributed by atoms with Crippen LogP contribution in [-0.2, 0) is 9.63 Å². The normalized spacial score (nSPS) is 12.8. The summed E-state index contributed by atoms with van der Waals surface area (Å²) in [5, 5.41) is 0. The van der Waals surface area contributed by atoms with Crippen molar-refractivity contribution in [1.82, 2.24) is 0 Å². The van der Waals surface area contributed by atoms with E-state index in [1.54, 1.807) is 0 Å². The van der Waals surface area contributed by atoms with Crippen molar-refractivity contribution >= 4 is 9.63 Å². The molecule has 0 radical (unpaired) electrons. The lowest BCUT2D eigenvalue weighted by Crippen LogP contribution is -2.37. The second-order valence-corrected chi connectivity index (χ2v) is 5.28. The Morgan fingerprint density at radius 1 is 1.08 bits per heavy atom. The van der Waals surface area contributed by atoms with E-state index in [1.807, 2.05) is 0 Å². The van der Waals surface area contributed by atoms with E-state index in [2.05, 4.69) is 23.7 Å². The highest BCUT2D eigenvalue weighted by molar-refractivity contribution is 8.10. The zero-order valence-corrected chi connectivity index (χ0v) is 7.94. The van der Waals surface area contributed by atoms with Crippen LogP contribution in [0.25, 0.3) is 0 Å². The van der Waals surface area contributed by atoms with E-state index in [0.29, 0.717) is 0 Å². The fourth-order valence-corrected chi connectivity index (χ4v) is 1.46. The maximum absolute atomic E-state index is 11.2. The Hall–Kier alpha value is -0.810. The average Bonchev–Trinajstić information content (AvgIpc) is 1.97. The van der Waals surface area contributed by atoms with E-state index in [0.717, 1.165) is 0 Å². The third-order valence-electron chi connectivity index (χ3n) is 1.08. The molecule has 0 aliphatic heterocycles. The van der Waals surface area contributed by atoms with Crippen molar-refractivity contribution in [3.05, 3.63) is 0 Å². The highest BCUT2D eigenvalue weighted by atomic mass is 32.3. The third kappa shape index (κ3) is 4.92. The first-order chi connectivity index (χ1) is 5.39. The molecule has 0 aromatic rings. The van der Waals surface area contributed by atoms with E-state index < -0.39 is 21.1 Å². The summed E-state index contributed by atoms with van der Waals surface area (Å²) in [6.45, 7) is 3.07. The molecule has 0 amide bonds. The smallest absolute Gasteiger partial charge is 0.109 e. The van der Waals surface area contributed by atoms with Crippen LogP contribution >= 0.6 is 0 Å². The molecule has 0 aliphatic rings. The average molecular weight is 188 g/mol. The number of hydrogen-bond donors (Lipinski definition) is 2. The highest BCUT2D eigenvalue weighted by Crippen LogP contribution is 2.13. The van der Waals surface area contributed by atoms with E-state index >= 15 is 0 Å². The van der Waals surface area contributed by atoms with Crippen LogP contribution < -0.4 is 0 Å². The van der Waals surface area contributed by atoms with Crippen LogP contribution in [0, 0.1) is 23.7 Å². The van der Waals surface area contributed by atoms with Crippen LogP contribution in [-0.4, -0.2) is 24.8 Å². The van der Waals surface area contributed by atoms with E-state index in [1.165, 1.54) is 13.8 Å². The van der Waals surface area contributed by atoms with Crippen LogP contribution in [0.1, 0.15) is 13.8 Å². The lowest BCUT2D eigenvalue weighted by molar-refractivity contribution is 0.399. The van der Waals surface area contributed by atoms with Gasteiger partial charge in [-0.05, 0) is 13.8 Å². The fraction of sp³-hybridized carbons (Fsp3) is 0.500. The molecule has 0 spiro atoms. The molecule has 0 aromatic heterocycles. The molecule has 0 saturated carbocycles. The van der Waals surface area contributed by atoms with Crippen molar-refractivity contribution in [2.24, 2.45) is 0 Å². The fourth-order valence-electron chi connectivity index (χ4n) is 0.485. The van der Waals surface area contributed by atoms with Gasteiger partial charge in [0, 0.05) is 0 Å². The van der Waals surface area contributed by atoms with Crippen molar-refractivity contribution in [2.45, 2.75) is 13.8 Å². The van der Waals surface area contributed by atoms with Gasteiger partial charge in [0.1, 0.15) is 21.1 Å². The highest BCUT2D eigenvalue weighted by Gasteiger charge is 2.27.